The molecule has 0 N–H and O–H groups in total. The molecule has 0 aliphatic rings. The molecule has 0 aliphatic heterocycles. The molecule has 1 aromatic carbocycles. The van der Waals surface area contributed by atoms with E-state index in [-0.39, 0.29) is 0 Å². The quantitative estimate of drug-likeness (QED) is 0.609. The van der Waals surface area contributed by atoms with Crippen molar-refractivity contribution in [2.24, 2.45) is 0 Å². The maximum atomic E-state index is 4.83. The van der Waals surface area contributed by atoms with E-state index < -0.39 is 0 Å². The molecule has 0 saturated carbocycles. The summed E-state index contributed by atoms with van der Waals surface area (Å²) in [7, 11) is 0. The number of benzene rings is 1. The van der Waals surface area contributed by atoms with Crippen molar-refractivity contribution in [3.8, 4) is 0 Å². The summed E-state index contributed by atoms with van der Waals surface area (Å²) in [5, 5.41) is 2.53. The summed E-state index contributed by atoms with van der Waals surface area (Å²) in [6.45, 7) is 8.62. The Kier molecular flexibility index (Phi) is 4.10. The first kappa shape index (κ1) is 15.0. The Bertz CT molecular complexity index is 763. The van der Waals surface area contributed by atoms with Crippen molar-refractivity contribution in [2.75, 3.05) is 0 Å². The molecule has 0 fully saturated rings. The molecule has 114 valence electrons. The van der Waals surface area contributed by atoms with Crippen LogP contribution < -0.4 is 0 Å². The van der Waals surface area contributed by atoms with Crippen molar-refractivity contribution in [2.45, 2.75) is 53.4 Å². The maximum absolute atomic E-state index is 4.83. The van der Waals surface area contributed by atoms with Gasteiger partial charge in [0.2, 0.25) is 0 Å². The fraction of sp³-hybridized carbons (Fsp3) is 0.400. The van der Waals surface area contributed by atoms with Gasteiger partial charge in [0.1, 0.15) is 0 Å². The summed E-state index contributed by atoms with van der Waals surface area (Å²) in [5.41, 5.74) is 7.11. The molecule has 0 saturated heterocycles. The average Bonchev–Trinajstić information content (AvgIpc) is 2.47. The highest BCUT2D eigenvalue weighted by Gasteiger charge is 2.11. The third kappa shape index (κ3) is 2.58. The minimum absolute atomic E-state index is 1.07. The van der Waals surface area contributed by atoms with Crippen LogP contribution in [-0.2, 0) is 12.8 Å². The van der Waals surface area contributed by atoms with Crippen molar-refractivity contribution >= 4 is 21.8 Å². The zero-order valence-electron chi connectivity index (χ0n) is 14.0. The second kappa shape index (κ2) is 6.04. The minimum atomic E-state index is 1.07. The molecule has 0 atom stereocenters. The molecule has 3 rings (SSSR count). The number of aryl methyl sites for hydroxylation is 4. The maximum Gasteiger partial charge on any atom is 0.0970 e. The fourth-order valence-electron chi connectivity index (χ4n) is 3.35. The van der Waals surface area contributed by atoms with Gasteiger partial charge >= 0.3 is 0 Å². The number of pyridine rings is 2. The summed E-state index contributed by atoms with van der Waals surface area (Å²) < 4.78 is 0. The highest BCUT2D eigenvalue weighted by atomic mass is 14.8. The van der Waals surface area contributed by atoms with Crippen LogP contribution >= 0.6 is 0 Å². The molecule has 3 aromatic rings. The summed E-state index contributed by atoms with van der Waals surface area (Å²) in [5.74, 6) is 0. The lowest BCUT2D eigenvalue weighted by atomic mass is 9.98. The molecule has 0 bridgehead atoms. The molecular weight excluding hydrogens is 268 g/mol. The van der Waals surface area contributed by atoms with Crippen LogP contribution in [0, 0.1) is 13.8 Å². The SMILES string of the molecule is CCCc1cc(C)nc2c1ccc1c(CCC)cc(C)nc12. The van der Waals surface area contributed by atoms with E-state index in [1.54, 1.807) is 0 Å². The Balaban J connectivity index is 2.39. The van der Waals surface area contributed by atoms with Gasteiger partial charge in [-0.05, 0) is 49.9 Å². The van der Waals surface area contributed by atoms with Crippen LogP contribution in [0.3, 0.4) is 0 Å². The number of rotatable bonds is 4. The molecule has 2 heteroatoms. The molecule has 0 radical (unpaired) electrons. The molecule has 2 nitrogen and oxygen atoms in total. The van der Waals surface area contributed by atoms with Gasteiger partial charge in [-0.1, -0.05) is 38.8 Å². The van der Waals surface area contributed by atoms with Crippen LogP contribution in [0.2, 0.25) is 0 Å². The van der Waals surface area contributed by atoms with Gasteiger partial charge in [-0.2, -0.15) is 0 Å². The Hall–Kier alpha value is -1.96. The molecule has 0 aliphatic carbocycles. The van der Waals surface area contributed by atoms with Gasteiger partial charge < -0.3 is 0 Å². The van der Waals surface area contributed by atoms with Gasteiger partial charge in [-0.15, -0.1) is 0 Å². The van der Waals surface area contributed by atoms with E-state index in [2.05, 4.69) is 52.0 Å². The van der Waals surface area contributed by atoms with E-state index in [4.69, 9.17) is 9.97 Å². The zero-order valence-corrected chi connectivity index (χ0v) is 14.0. The molecule has 22 heavy (non-hydrogen) atoms. The normalized spacial score (nSPS) is 11.5. The van der Waals surface area contributed by atoms with Gasteiger partial charge in [-0.3, -0.25) is 9.97 Å². The zero-order chi connectivity index (χ0) is 15.7. The second-order valence-corrected chi connectivity index (χ2v) is 6.20. The second-order valence-electron chi connectivity index (χ2n) is 6.20. The summed E-state index contributed by atoms with van der Waals surface area (Å²) >= 11 is 0. The fourth-order valence-corrected chi connectivity index (χ4v) is 3.35. The predicted molar refractivity (Wildman–Crippen MR) is 94.5 cm³/mol. The first-order chi connectivity index (χ1) is 10.6. The number of aromatic nitrogens is 2. The highest BCUT2D eigenvalue weighted by Crippen LogP contribution is 2.29. The number of nitrogens with zero attached hydrogens (tertiary/aromatic N) is 2. The van der Waals surface area contributed by atoms with E-state index in [0.717, 1.165) is 48.1 Å². The summed E-state index contributed by atoms with van der Waals surface area (Å²) in [6.07, 6.45) is 4.50. The average molecular weight is 292 g/mol. The van der Waals surface area contributed by atoms with Crippen molar-refractivity contribution in [3.05, 3.63) is 46.8 Å². The van der Waals surface area contributed by atoms with Crippen LogP contribution in [0.15, 0.2) is 24.3 Å². The monoisotopic (exact) mass is 292 g/mol. The highest BCUT2D eigenvalue weighted by molar-refractivity contribution is 6.05. The summed E-state index contributed by atoms with van der Waals surface area (Å²) in [4.78, 5) is 9.65. The van der Waals surface area contributed by atoms with Gasteiger partial charge in [0, 0.05) is 22.2 Å². The number of hydrogen-bond donors (Lipinski definition) is 0. The molecule has 0 unspecified atom stereocenters. The van der Waals surface area contributed by atoms with Crippen LogP contribution in [0.25, 0.3) is 21.8 Å². The summed E-state index contributed by atoms with van der Waals surface area (Å²) in [6, 6.07) is 8.93. The van der Waals surface area contributed by atoms with Crippen LogP contribution in [-0.4, -0.2) is 9.97 Å². The molecule has 0 amide bonds. The third-order valence-corrected chi connectivity index (χ3v) is 4.22. The van der Waals surface area contributed by atoms with E-state index in [1.165, 1.54) is 21.9 Å². The molecular formula is C20H24N2. The number of hydrogen-bond acceptors (Lipinski definition) is 2. The lowest BCUT2D eigenvalue weighted by molar-refractivity contribution is 0.922. The lowest BCUT2D eigenvalue weighted by Crippen LogP contribution is -1.97. The van der Waals surface area contributed by atoms with Gasteiger partial charge in [0.25, 0.3) is 0 Å². The van der Waals surface area contributed by atoms with E-state index in [1.807, 2.05) is 0 Å². The lowest BCUT2D eigenvalue weighted by Gasteiger charge is -2.12. The molecule has 2 heterocycles. The Labute approximate surface area is 132 Å². The van der Waals surface area contributed by atoms with Crippen LogP contribution in [0.5, 0.6) is 0 Å². The Morgan fingerprint density at radius 2 is 1.14 bits per heavy atom. The van der Waals surface area contributed by atoms with Crippen LogP contribution in [0.4, 0.5) is 0 Å². The first-order valence-corrected chi connectivity index (χ1v) is 8.33. The van der Waals surface area contributed by atoms with Gasteiger partial charge in [-0.25, -0.2) is 0 Å². The Morgan fingerprint density at radius 3 is 1.50 bits per heavy atom. The number of fused-ring (bicyclic) bond motifs is 3. The standard InChI is InChI=1S/C20H24N2/c1-5-7-15-11-13(3)21-19-17(15)9-10-18-16(8-6-2)12-14(4)22-20(18)19/h9-12H,5-8H2,1-4H3. The van der Waals surface area contributed by atoms with Crippen molar-refractivity contribution < 1.29 is 0 Å². The van der Waals surface area contributed by atoms with Crippen molar-refractivity contribution in [1.29, 1.82) is 0 Å². The van der Waals surface area contributed by atoms with Crippen molar-refractivity contribution in [3.63, 3.8) is 0 Å². The largest absolute Gasteiger partial charge is 0.251 e. The van der Waals surface area contributed by atoms with Crippen LogP contribution in [0.1, 0.15) is 49.2 Å². The predicted octanol–water partition coefficient (Wildman–Crippen LogP) is 5.30. The van der Waals surface area contributed by atoms with Gasteiger partial charge in [0.15, 0.2) is 0 Å². The molecule has 0 spiro atoms. The topological polar surface area (TPSA) is 25.8 Å². The molecule has 2 aromatic heterocycles. The van der Waals surface area contributed by atoms with E-state index in [0.29, 0.717) is 0 Å². The van der Waals surface area contributed by atoms with Gasteiger partial charge in [0.05, 0.1) is 11.0 Å². The third-order valence-electron chi connectivity index (χ3n) is 4.22. The minimum Gasteiger partial charge on any atom is -0.251 e. The Morgan fingerprint density at radius 1 is 0.727 bits per heavy atom. The first-order valence-electron chi connectivity index (χ1n) is 8.33. The van der Waals surface area contributed by atoms with Crippen molar-refractivity contribution in [1.82, 2.24) is 9.97 Å². The smallest absolute Gasteiger partial charge is 0.0970 e. The van der Waals surface area contributed by atoms with E-state index in [9.17, 15) is 0 Å². The van der Waals surface area contributed by atoms with E-state index >= 15 is 0 Å².